The second-order valence-corrected chi connectivity index (χ2v) is 6.75. The Bertz CT molecular complexity index is 706. The Morgan fingerprint density at radius 3 is 2.55 bits per heavy atom. The standard InChI is InChI=1S/C15H17NO5S/c1-3-21-15(18)14-10-12(17)8-9-16(14)22(19,20)13-6-4-11(2)5-7-13/h4-9,14H,3,10H2,1-2H3/t14-/m0/s1. The van der Waals surface area contributed by atoms with Gasteiger partial charge < -0.3 is 4.74 Å². The van der Waals surface area contributed by atoms with Crippen molar-refractivity contribution in [2.75, 3.05) is 6.61 Å². The van der Waals surface area contributed by atoms with Crippen LogP contribution in [0.25, 0.3) is 0 Å². The van der Waals surface area contributed by atoms with Crippen molar-refractivity contribution < 1.29 is 22.7 Å². The number of hydrogen-bond donors (Lipinski definition) is 0. The fourth-order valence-electron chi connectivity index (χ4n) is 2.11. The van der Waals surface area contributed by atoms with Crippen LogP contribution in [-0.4, -0.2) is 37.1 Å². The Hall–Kier alpha value is -2.15. The summed E-state index contributed by atoms with van der Waals surface area (Å²) in [5.41, 5.74) is 0.922. The normalized spacial score (nSPS) is 18.4. The zero-order valence-electron chi connectivity index (χ0n) is 12.4. The van der Waals surface area contributed by atoms with E-state index in [4.69, 9.17) is 4.74 Å². The van der Waals surface area contributed by atoms with Crippen LogP contribution in [0.1, 0.15) is 18.9 Å². The highest BCUT2D eigenvalue weighted by Crippen LogP contribution is 2.24. The third kappa shape index (κ3) is 3.19. The summed E-state index contributed by atoms with van der Waals surface area (Å²) in [7, 11) is -3.92. The Labute approximate surface area is 129 Å². The average Bonchev–Trinajstić information content (AvgIpc) is 2.47. The summed E-state index contributed by atoms with van der Waals surface area (Å²) in [6.45, 7) is 3.58. The summed E-state index contributed by atoms with van der Waals surface area (Å²) in [5.74, 6) is -1.04. The van der Waals surface area contributed by atoms with Crippen LogP contribution in [0.5, 0.6) is 0 Å². The molecule has 0 saturated heterocycles. The SMILES string of the molecule is CCOC(=O)[C@@H]1CC(=O)C=CN1S(=O)(=O)c1ccc(C)cc1. The van der Waals surface area contributed by atoms with Gasteiger partial charge in [0.25, 0.3) is 10.0 Å². The second-order valence-electron chi connectivity index (χ2n) is 4.90. The number of rotatable bonds is 4. The summed E-state index contributed by atoms with van der Waals surface area (Å²) < 4.78 is 31.1. The maximum absolute atomic E-state index is 12.7. The molecular formula is C15H17NO5S. The van der Waals surface area contributed by atoms with Crippen molar-refractivity contribution in [1.82, 2.24) is 4.31 Å². The first-order valence-electron chi connectivity index (χ1n) is 6.84. The van der Waals surface area contributed by atoms with Gasteiger partial charge in [-0.25, -0.2) is 13.2 Å². The van der Waals surface area contributed by atoms with Crippen LogP contribution >= 0.6 is 0 Å². The quantitative estimate of drug-likeness (QED) is 0.783. The lowest BCUT2D eigenvalue weighted by Crippen LogP contribution is -2.45. The highest BCUT2D eigenvalue weighted by atomic mass is 32.2. The number of aryl methyl sites for hydroxylation is 1. The number of carbonyl (C=O) groups excluding carboxylic acids is 2. The van der Waals surface area contributed by atoms with E-state index in [1.165, 1.54) is 12.1 Å². The maximum atomic E-state index is 12.7. The first-order valence-corrected chi connectivity index (χ1v) is 8.28. The molecule has 0 N–H and O–H groups in total. The number of ether oxygens (including phenoxy) is 1. The molecule has 1 aromatic rings. The summed E-state index contributed by atoms with van der Waals surface area (Å²) in [5, 5.41) is 0. The monoisotopic (exact) mass is 323 g/mol. The molecule has 0 aliphatic carbocycles. The first-order chi connectivity index (χ1) is 10.4. The van der Waals surface area contributed by atoms with Crippen molar-refractivity contribution in [1.29, 1.82) is 0 Å². The molecule has 1 aliphatic rings. The molecule has 6 nitrogen and oxygen atoms in total. The molecule has 0 fully saturated rings. The minimum atomic E-state index is -3.92. The number of ketones is 1. The van der Waals surface area contributed by atoms with E-state index in [2.05, 4.69) is 0 Å². The molecule has 7 heteroatoms. The van der Waals surface area contributed by atoms with Crippen molar-refractivity contribution in [2.45, 2.75) is 31.2 Å². The number of carbonyl (C=O) groups is 2. The van der Waals surface area contributed by atoms with Crippen molar-refractivity contribution >= 4 is 21.8 Å². The molecule has 0 saturated carbocycles. The van der Waals surface area contributed by atoms with Crippen LogP contribution in [0, 0.1) is 6.92 Å². The molecular weight excluding hydrogens is 306 g/mol. The smallest absolute Gasteiger partial charge is 0.330 e. The molecule has 1 atom stereocenters. The number of esters is 1. The molecule has 2 rings (SSSR count). The van der Waals surface area contributed by atoms with Gasteiger partial charge in [0.2, 0.25) is 0 Å². The van der Waals surface area contributed by atoms with E-state index in [1.807, 2.05) is 6.92 Å². The Morgan fingerprint density at radius 2 is 1.95 bits per heavy atom. The van der Waals surface area contributed by atoms with Crippen LogP contribution in [-0.2, 0) is 24.3 Å². The molecule has 1 heterocycles. The highest BCUT2D eigenvalue weighted by Gasteiger charge is 2.37. The van der Waals surface area contributed by atoms with Gasteiger partial charge in [-0.3, -0.25) is 9.10 Å². The number of sulfonamides is 1. The maximum Gasteiger partial charge on any atom is 0.330 e. The minimum absolute atomic E-state index is 0.0615. The number of allylic oxidation sites excluding steroid dienone is 1. The molecule has 22 heavy (non-hydrogen) atoms. The van der Waals surface area contributed by atoms with Gasteiger partial charge >= 0.3 is 5.97 Å². The predicted molar refractivity (Wildman–Crippen MR) is 79.4 cm³/mol. The van der Waals surface area contributed by atoms with Crippen molar-refractivity contribution in [3.8, 4) is 0 Å². The zero-order valence-corrected chi connectivity index (χ0v) is 13.2. The summed E-state index contributed by atoms with van der Waals surface area (Å²) in [6, 6.07) is 5.12. The Balaban J connectivity index is 2.41. The summed E-state index contributed by atoms with van der Waals surface area (Å²) in [4.78, 5) is 23.6. The lowest BCUT2D eigenvalue weighted by molar-refractivity contribution is -0.148. The molecule has 0 bridgehead atoms. The Morgan fingerprint density at radius 1 is 1.32 bits per heavy atom. The third-order valence-electron chi connectivity index (χ3n) is 3.26. The van der Waals surface area contributed by atoms with E-state index in [0.29, 0.717) is 0 Å². The largest absolute Gasteiger partial charge is 0.464 e. The number of hydrogen-bond acceptors (Lipinski definition) is 5. The van der Waals surface area contributed by atoms with Crippen molar-refractivity contribution in [3.63, 3.8) is 0 Å². The zero-order chi connectivity index (χ0) is 16.3. The van der Waals surface area contributed by atoms with Gasteiger partial charge in [-0.05, 0) is 32.1 Å². The first kappa shape index (κ1) is 16.2. The number of benzene rings is 1. The minimum Gasteiger partial charge on any atom is -0.464 e. The van der Waals surface area contributed by atoms with E-state index < -0.39 is 22.0 Å². The van der Waals surface area contributed by atoms with Gasteiger partial charge in [0, 0.05) is 12.6 Å². The molecule has 0 spiro atoms. The average molecular weight is 323 g/mol. The predicted octanol–water partition coefficient (Wildman–Crippen LogP) is 1.40. The van der Waals surface area contributed by atoms with Gasteiger partial charge in [-0.1, -0.05) is 17.7 Å². The van der Waals surface area contributed by atoms with E-state index in [9.17, 15) is 18.0 Å². The van der Waals surface area contributed by atoms with Crippen LogP contribution in [0.15, 0.2) is 41.4 Å². The van der Waals surface area contributed by atoms with Gasteiger partial charge in [0.15, 0.2) is 5.78 Å². The van der Waals surface area contributed by atoms with Crippen LogP contribution in [0.4, 0.5) is 0 Å². The molecule has 1 aliphatic heterocycles. The van der Waals surface area contributed by atoms with Crippen LogP contribution in [0.3, 0.4) is 0 Å². The van der Waals surface area contributed by atoms with Crippen LogP contribution in [0.2, 0.25) is 0 Å². The summed E-state index contributed by atoms with van der Waals surface area (Å²) >= 11 is 0. The molecule has 1 aromatic carbocycles. The fourth-order valence-corrected chi connectivity index (χ4v) is 3.55. The van der Waals surface area contributed by atoms with Crippen molar-refractivity contribution in [3.05, 3.63) is 42.1 Å². The topological polar surface area (TPSA) is 80.8 Å². The number of nitrogens with zero attached hydrogens (tertiary/aromatic N) is 1. The lowest BCUT2D eigenvalue weighted by Gasteiger charge is -2.30. The molecule has 0 amide bonds. The summed E-state index contributed by atoms with van der Waals surface area (Å²) in [6.07, 6.45) is 2.06. The van der Waals surface area contributed by atoms with Gasteiger partial charge in [0.1, 0.15) is 6.04 Å². The molecule has 0 aromatic heterocycles. The molecule has 0 unspecified atom stereocenters. The lowest BCUT2D eigenvalue weighted by atomic mass is 10.1. The Kier molecular flexibility index (Phi) is 4.65. The van der Waals surface area contributed by atoms with Gasteiger partial charge in [0.05, 0.1) is 11.5 Å². The molecule has 118 valence electrons. The van der Waals surface area contributed by atoms with Gasteiger partial charge in [-0.2, -0.15) is 0 Å². The van der Waals surface area contributed by atoms with Crippen LogP contribution < -0.4 is 0 Å². The van der Waals surface area contributed by atoms with Gasteiger partial charge in [-0.15, -0.1) is 0 Å². The second kappa shape index (κ2) is 6.31. The van der Waals surface area contributed by atoms with E-state index in [-0.39, 0.29) is 23.7 Å². The highest BCUT2D eigenvalue weighted by molar-refractivity contribution is 7.89. The molecule has 0 radical (unpaired) electrons. The van der Waals surface area contributed by atoms with E-state index in [0.717, 1.165) is 22.1 Å². The third-order valence-corrected chi connectivity index (χ3v) is 5.06. The fraction of sp³-hybridized carbons (Fsp3) is 0.333. The van der Waals surface area contributed by atoms with E-state index in [1.54, 1.807) is 19.1 Å². The van der Waals surface area contributed by atoms with E-state index >= 15 is 0 Å². The van der Waals surface area contributed by atoms with Crippen molar-refractivity contribution in [2.24, 2.45) is 0 Å².